The first-order valence-electron chi connectivity index (χ1n) is 7.19. The fraction of sp³-hybridized carbons (Fsp3) is 0.267. The molecule has 0 spiro atoms. The molecule has 8 heteroatoms. The van der Waals surface area contributed by atoms with Crippen LogP contribution in [0, 0.1) is 0 Å². The number of anilines is 2. The molecule has 0 bridgehead atoms. The number of nitrogens with one attached hydrogen (secondary N) is 1. The van der Waals surface area contributed by atoms with Gasteiger partial charge in [-0.05, 0) is 36.8 Å². The molecule has 3 N–H and O–H groups in total. The predicted molar refractivity (Wildman–Crippen MR) is 86.7 cm³/mol. The number of hydrogen-bond donors (Lipinski definition) is 2. The monoisotopic (exact) mass is 335 g/mol. The second-order valence-electron chi connectivity index (χ2n) is 5.25. The molecule has 1 aliphatic heterocycles. The van der Waals surface area contributed by atoms with E-state index in [2.05, 4.69) is 5.32 Å². The summed E-state index contributed by atoms with van der Waals surface area (Å²) in [5.41, 5.74) is 7.00. The molecular weight excluding hydrogens is 318 g/mol. The summed E-state index contributed by atoms with van der Waals surface area (Å²) in [4.78, 5) is 12.1. The molecule has 1 aromatic heterocycles. The Labute approximate surface area is 134 Å². The molecule has 1 aromatic carbocycles. The molecule has 0 atom stereocenters. The van der Waals surface area contributed by atoms with Gasteiger partial charge >= 0.3 is 0 Å². The van der Waals surface area contributed by atoms with Crippen LogP contribution in [0.4, 0.5) is 11.4 Å². The Morgan fingerprint density at radius 2 is 2.04 bits per heavy atom. The molecule has 1 amide bonds. The van der Waals surface area contributed by atoms with Crippen molar-refractivity contribution in [1.29, 1.82) is 0 Å². The molecule has 0 saturated carbocycles. The zero-order valence-corrected chi connectivity index (χ0v) is 13.2. The Morgan fingerprint density at radius 3 is 2.61 bits per heavy atom. The maximum Gasteiger partial charge on any atom is 0.258 e. The van der Waals surface area contributed by atoms with Crippen molar-refractivity contribution >= 4 is 27.3 Å². The molecule has 1 fully saturated rings. The fourth-order valence-electron chi connectivity index (χ4n) is 2.45. The summed E-state index contributed by atoms with van der Waals surface area (Å²) < 4.78 is 30.3. The first-order valence-corrected chi connectivity index (χ1v) is 8.80. The molecular formula is C15H17N3O4S. The largest absolute Gasteiger partial charge is 0.467 e. The van der Waals surface area contributed by atoms with Crippen LogP contribution in [0.3, 0.4) is 0 Å². The molecule has 1 saturated heterocycles. The molecule has 2 aromatic rings. The average Bonchev–Trinajstić information content (AvgIpc) is 3.14. The molecule has 1 aliphatic rings. The first-order chi connectivity index (χ1) is 11.0. The lowest BCUT2D eigenvalue weighted by Crippen LogP contribution is -2.24. The molecule has 3 rings (SSSR count). The van der Waals surface area contributed by atoms with Crippen LogP contribution in [0.15, 0.2) is 41.0 Å². The van der Waals surface area contributed by atoms with Crippen LogP contribution >= 0.6 is 0 Å². The Morgan fingerprint density at radius 1 is 1.30 bits per heavy atom. The first kappa shape index (κ1) is 15.6. The van der Waals surface area contributed by atoms with Crippen molar-refractivity contribution in [2.75, 3.05) is 21.9 Å². The van der Waals surface area contributed by atoms with E-state index in [1.807, 2.05) is 0 Å². The van der Waals surface area contributed by atoms with Gasteiger partial charge in [-0.1, -0.05) is 0 Å². The van der Waals surface area contributed by atoms with Crippen LogP contribution in [0.2, 0.25) is 0 Å². The van der Waals surface area contributed by atoms with Crippen LogP contribution in [0.5, 0.6) is 0 Å². The van der Waals surface area contributed by atoms with Crippen LogP contribution in [0.25, 0.3) is 0 Å². The number of nitrogens with two attached hydrogens (primary N) is 1. The topological polar surface area (TPSA) is 106 Å². The molecule has 0 unspecified atom stereocenters. The predicted octanol–water partition coefficient (Wildman–Crippen LogP) is 1.53. The summed E-state index contributed by atoms with van der Waals surface area (Å²) in [5.74, 6) is 0.398. The van der Waals surface area contributed by atoms with Gasteiger partial charge in [0.15, 0.2) is 0 Å². The lowest BCUT2D eigenvalue weighted by Gasteiger charge is -2.17. The zero-order valence-electron chi connectivity index (χ0n) is 12.4. The van der Waals surface area contributed by atoms with Gasteiger partial charge in [-0.15, -0.1) is 0 Å². The number of amides is 1. The second-order valence-corrected chi connectivity index (χ2v) is 7.26. The van der Waals surface area contributed by atoms with E-state index in [-0.39, 0.29) is 18.2 Å². The van der Waals surface area contributed by atoms with Gasteiger partial charge in [0, 0.05) is 12.2 Å². The molecule has 7 nitrogen and oxygen atoms in total. The number of furan rings is 1. The summed E-state index contributed by atoms with van der Waals surface area (Å²) in [6.07, 6.45) is 1.98. The van der Waals surface area contributed by atoms with Crippen LogP contribution < -0.4 is 15.4 Å². The van der Waals surface area contributed by atoms with Gasteiger partial charge in [0.2, 0.25) is 10.0 Å². The number of benzene rings is 1. The maximum absolute atomic E-state index is 12.1. The Bertz CT molecular complexity index is 812. The third-order valence-corrected chi connectivity index (χ3v) is 5.50. The van der Waals surface area contributed by atoms with Gasteiger partial charge < -0.3 is 15.5 Å². The maximum atomic E-state index is 12.1. The Kier molecular flexibility index (Phi) is 4.10. The van der Waals surface area contributed by atoms with Gasteiger partial charge in [0.25, 0.3) is 5.91 Å². The molecule has 0 radical (unpaired) electrons. The van der Waals surface area contributed by atoms with Gasteiger partial charge in [-0.25, -0.2) is 8.42 Å². The molecule has 2 heterocycles. The van der Waals surface area contributed by atoms with E-state index in [9.17, 15) is 13.2 Å². The van der Waals surface area contributed by atoms with Crippen LogP contribution in [0.1, 0.15) is 22.5 Å². The minimum Gasteiger partial charge on any atom is -0.467 e. The third-order valence-electron chi connectivity index (χ3n) is 3.63. The lowest BCUT2D eigenvalue weighted by molar-refractivity contribution is 0.102. The van der Waals surface area contributed by atoms with E-state index in [0.717, 1.165) is 0 Å². The van der Waals surface area contributed by atoms with Crippen molar-refractivity contribution in [1.82, 2.24) is 0 Å². The summed E-state index contributed by atoms with van der Waals surface area (Å²) in [6.45, 7) is 0.719. The number of sulfonamides is 1. The highest BCUT2D eigenvalue weighted by Gasteiger charge is 2.28. The Balaban J connectivity index is 1.71. The van der Waals surface area contributed by atoms with E-state index in [0.29, 0.717) is 35.7 Å². The minimum atomic E-state index is -3.20. The number of carbonyl (C=O) groups is 1. The van der Waals surface area contributed by atoms with Crippen molar-refractivity contribution in [2.24, 2.45) is 5.73 Å². The van der Waals surface area contributed by atoms with Gasteiger partial charge in [-0.2, -0.15) is 0 Å². The number of carbonyl (C=O) groups excluding carboxylic acids is 1. The third kappa shape index (κ3) is 3.22. The van der Waals surface area contributed by atoms with E-state index in [1.165, 1.54) is 10.6 Å². The van der Waals surface area contributed by atoms with Crippen molar-refractivity contribution < 1.29 is 17.6 Å². The van der Waals surface area contributed by atoms with Crippen LogP contribution in [-0.2, 0) is 16.6 Å². The van der Waals surface area contributed by atoms with Gasteiger partial charge in [-0.3, -0.25) is 9.10 Å². The average molecular weight is 335 g/mol. The smallest absolute Gasteiger partial charge is 0.258 e. The normalized spacial score (nSPS) is 16.5. The lowest BCUT2D eigenvalue weighted by atomic mass is 10.2. The van der Waals surface area contributed by atoms with E-state index >= 15 is 0 Å². The number of nitrogens with zero attached hydrogens (tertiary/aromatic N) is 1. The van der Waals surface area contributed by atoms with E-state index in [4.69, 9.17) is 10.2 Å². The van der Waals surface area contributed by atoms with Gasteiger partial charge in [0.05, 0.1) is 23.5 Å². The summed E-state index contributed by atoms with van der Waals surface area (Å²) >= 11 is 0. The standard InChI is InChI=1S/C15H17N3O4S/c16-9-14-8-11(10-22-14)15(19)17-12-2-4-13(5-3-12)18-6-1-7-23(18,20)21/h2-5,8,10H,1,6-7,9,16H2,(H,17,19). The number of hydrogen-bond acceptors (Lipinski definition) is 5. The molecule has 0 aliphatic carbocycles. The summed E-state index contributed by atoms with van der Waals surface area (Å²) in [7, 11) is -3.20. The SMILES string of the molecule is NCc1cc(C(=O)Nc2ccc(N3CCCS3(=O)=O)cc2)co1. The number of rotatable bonds is 4. The summed E-state index contributed by atoms with van der Waals surface area (Å²) in [6, 6.07) is 8.29. The molecule has 122 valence electrons. The van der Waals surface area contributed by atoms with Crippen LogP contribution in [-0.4, -0.2) is 26.6 Å². The fourth-order valence-corrected chi connectivity index (χ4v) is 4.02. The minimum absolute atomic E-state index is 0.176. The zero-order chi connectivity index (χ0) is 16.4. The Hall–Kier alpha value is -2.32. The molecule has 23 heavy (non-hydrogen) atoms. The highest BCUT2D eigenvalue weighted by atomic mass is 32.2. The van der Waals surface area contributed by atoms with E-state index in [1.54, 1.807) is 30.3 Å². The highest BCUT2D eigenvalue weighted by Crippen LogP contribution is 2.25. The summed E-state index contributed by atoms with van der Waals surface area (Å²) in [5, 5.41) is 2.73. The van der Waals surface area contributed by atoms with Crippen molar-refractivity contribution in [3.05, 3.63) is 47.9 Å². The van der Waals surface area contributed by atoms with Crippen molar-refractivity contribution in [2.45, 2.75) is 13.0 Å². The highest BCUT2D eigenvalue weighted by molar-refractivity contribution is 7.93. The van der Waals surface area contributed by atoms with Crippen molar-refractivity contribution in [3.63, 3.8) is 0 Å². The van der Waals surface area contributed by atoms with Crippen molar-refractivity contribution in [3.8, 4) is 0 Å². The second kappa shape index (κ2) is 6.05. The van der Waals surface area contributed by atoms with E-state index < -0.39 is 10.0 Å². The quantitative estimate of drug-likeness (QED) is 0.881. The van der Waals surface area contributed by atoms with Gasteiger partial charge in [0.1, 0.15) is 12.0 Å².